The molecule has 0 amide bonds. The van der Waals surface area contributed by atoms with Crippen molar-refractivity contribution in [3.8, 4) is 6.07 Å². The van der Waals surface area contributed by atoms with Crippen LogP contribution in [0.25, 0.3) is 0 Å². The highest BCUT2D eigenvalue weighted by Crippen LogP contribution is 2.19. The first-order chi connectivity index (χ1) is 6.06. The zero-order valence-corrected chi connectivity index (χ0v) is 6.90. The molecule has 1 aromatic heterocycles. The lowest BCUT2D eigenvalue weighted by molar-refractivity contribution is 0.146. The molecule has 1 rings (SSSR count). The highest BCUT2D eigenvalue weighted by Gasteiger charge is 2.13. The van der Waals surface area contributed by atoms with Gasteiger partial charge in [0, 0.05) is 0 Å². The maximum Gasteiger partial charge on any atom is 0.278 e. The van der Waals surface area contributed by atoms with E-state index < -0.39 is 17.7 Å². The summed E-state index contributed by atoms with van der Waals surface area (Å²) in [6.07, 6.45) is -2.81. The fourth-order valence-corrected chi connectivity index (χ4v) is 1.01. The average molecular weight is 205 g/mol. The van der Waals surface area contributed by atoms with Crippen LogP contribution in [-0.2, 0) is 0 Å². The van der Waals surface area contributed by atoms with Crippen molar-refractivity contribution in [1.82, 2.24) is 4.98 Å². The number of halogens is 3. The van der Waals surface area contributed by atoms with Gasteiger partial charge in [-0.15, -0.1) is 0 Å². The van der Waals surface area contributed by atoms with Gasteiger partial charge in [-0.25, -0.2) is 8.78 Å². The Bertz CT molecular complexity index is 421. The van der Waals surface area contributed by atoms with Gasteiger partial charge in [-0.1, -0.05) is 11.6 Å². The maximum absolute atomic E-state index is 12.1. The Morgan fingerprint density at radius 2 is 2.23 bits per heavy atom. The molecule has 0 saturated carbocycles. The first-order valence-corrected chi connectivity index (χ1v) is 3.55. The molecule has 0 fully saturated rings. The van der Waals surface area contributed by atoms with E-state index >= 15 is 0 Å². The van der Waals surface area contributed by atoms with Gasteiger partial charge >= 0.3 is 0 Å². The van der Waals surface area contributed by atoms with E-state index in [1.165, 1.54) is 6.07 Å². The third-order valence-electron chi connectivity index (χ3n) is 1.35. The topological polar surface area (TPSA) is 56.6 Å². The Morgan fingerprint density at radius 1 is 1.62 bits per heavy atom. The smallest absolute Gasteiger partial charge is 0.278 e. The molecule has 3 nitrogen and oxygen atoms in total. The third-order valence-corrected chi connectivity index (χ3v) is 1.65. The molecule has 0 radical (unpaired) electrons. The van der Waals surface area contributed by atoms with Crippen LogP contribution in [0.3, 0.4) is 0 Å². The highest BCUT2D eigenvalue weighted by atomic mass is 35.5. The minimum absolute atomic E-state index is 0.262. The Labute approximate surface area is 76.6 Å². The van der Waals surface area contributed by atoms with Crippen molar-refractivity contribution < 1.29 is 8.78 Å². The molecule has 0 saturated heterocycles. The maximum atomic E-state index is 12.1. The van der Waals surface area contributed by atoms with Crippen LogP contribution in [0, 0.1) is 11.3 Å². The Hall–Kier alpha value is -1.41. The molecule has 0 atom stereocenters. The monoisotopic (exact) mass is 204 g/mol. The minimum Gasteiger partial charge on any atom is -0.320 e. The minimum atomic E-state index is -2.81. The zero-order valence-electron chi connectivity index (χ0n) is 6.14. The second-order valence-corrected chi connectivity index (χ2v) is 2.60. The number of rotatable bonds is 1. The van der Waals surface area contributed by atoms with Crippen LogP contribution in [0.4, 0.5) is 8.78 Å². The number of aromatic amines is 1. The molecule has 0 aromatic carbocycles. The molecular formula is C7H3ClF2N2O. The molecule has 1 aromatic rings. The van der Waals surface area contributed by atoms with Gasteiger partial charge in [-0.05, 0) is 6.07 Å². The lowest BCUT2D eigenvalue weighted by Gasteiger charge is -2.00. The van der Waals surface area contributed by atoms with Gasteiger partial charge < -0.3 is 4.98 Å². The second-order valence-electron chi connectivity index (χ2n) is 2.19. The molecule has 0 aliphatic rings. The number of nitrogens with zero attached hydrogens (tertiary/aromatic N) is 1. The fourth-order valence-electron chi connectivity index (χ4n) is 0.769. The Kier molecular flexibility index (Phi) is 2.63. The standard InChI is InChI=1S/C7H3ClF2N2O/c8-4-1-5(6(9)10)12-7(13)3(4)2-11/h1,6H,(H,12,13). The molecule has 1 heterocycles. The summed E-state index contributed by atoms with van der Waals surface area (Å²) in [6.45, 7) is 0. The lowest BCUT2D eigenvalue weighted by atomic mass is 10.2. The number of H-pyrrole nitrogens is 1. The van der Waals surface area contributed by atoms with Gasteiger partial charge in [0.2, 0.25) is 0 Å². The normalized spacial score (nSPS) is 10.1. The highest BCUT2D eigenvalue weighted by molar-refractivity contribution is 6.31. The van der Waals surface area contributed by atoms with Crippen LogP contribution in [0.15, 0.2) is 10.9 Å². The fraction of sp³-hybridized carbons (Fsp3) is 0.143. The van der Waals surface area contributed by atoms with E-state index in [9.17, 15) is 13.6 Å². The molecule has 6 heteroatoms. The molecule has 0 bridgehead atoms. The van der Waals surface area contributed by atoms with Gasteiger partial charge in [0.25, 0.3) is 12.0 Å². The summed E-state index contributed by atoms with van der Waals surface area (Å²) in [6, 6.07) is 2.38. The number of pyridine rings is 1. The van der Waals surface area contributed by atoms with Crippen LogP contribution in [0.2, 0.25) is 5.02 Å². The first kappa shape index (κ1) is 9.68. The summed E-state index contributed by atoms with van der Waals surface area (Å²) >= 11 is 5.40. The second kappa shape index (κ2) is 3.54. The van der Waals surface area contributed by atoms with E-state index in [2.05, 4.69) is 0 Å². The van der Waals surface area contributed by atoms with Gasteiger partial charge in [0.05, 0.1) is 10.7 Å². The molecule has 0 unspecified atom stereocenters. The third kappa shape index (κ3) is 1.84. The van der Waals surface area contributed by atoms with Crippen LogP contribution < -0.4 is 5.56 Å². The van der Waals surface area contributed by atoms with Gasteiger partial charge in [0.15, 0.2) is 0 Å². The summed E-state index contributed by atoms with van der Waals surface area (Å²) in [5.41, 5.74) is -1.84. The largest absolute Gasteiger partial charge is 0.320 e. The van der Waals surface area contributed by atoms with Crippen molar-refractivity contribution in [3.05, 3.63) is 32.7 Å². The molecule has 13 heavy (non-hydrogen) atoms. The quantitative estimate of drug-likeness (QED) is 0.759. The van der Waals surface area contributed by atoms with Gasteiger partial charge in [-0.2, -0.15) is 5.26 Å². The number of aromatic nitrogens is 1. The van der Waals surface area contributed by atoms with Crippen molar-refractivity contribution in [2.24, 2.45) is 0 Å². The molecule has 1 N–H and O–H groups in total. The van der Waals surface area contributed by atoms with E-state index in [1.807, 2.05) is 4.98 Å². The number of alkyl halides is 2. The van der Waals surface area contributed by atoms with E-state index in [1.54, 1.807) is 0 Å². The summed E-state index contributed by atoms with van der Waals surface area (Å²) in [4.78, 5) is 12.8. The summed E-state index contributed by atoms with van der Waals surface area (Å²) in [7, 11) is 0. The van der Waals surface area contributed by atoms with Crippen LogP contribution in [-0.4, -0.2) is 4.98 Å². The van der Waals surface area contributed by atoms with Crippen molar-refractivity contribution >= 4 is 11.6 Å². The van der Waals surface area contributed by atoms with E-state index in [0.29, 0.717) is 0 Å². The van der Waals surface area contributed by atoms with Gasteiger partial charge in [0.1, 0.15) is 11.6 Å². The SMILES string of the molecule is N#Cc1c(Cl)cc(C(F)F)[nH]c1=O. The van der Waals surface area contributed by atoms with Crippen LogP contribution in [0.1, 0.15) is 17.7 Å². The van der Waals surface area contributed by atoms with Crippen molar-refractivity contribution in [3.63, 3.8) is 0 Å². The summed E-state index contributed by atoms with van der Waals surface area (Å²) in [5, 5.41) is 8.12. The molecule has 68 valence electrons. The van der Waals surface area contributed by atoms with Gasteiger partial charge in [-0.3, -0.25) is 4.79 Å². The summed E-state index contributed by atoms with van der Waals surface area (Å²) in [5.74, 6) is 0. The number of hydrogen-bond acceptors (Lipinski definition) is 2. The van der Waals surface area contributed by atoms with E-state index in [4.69, 9.17) is 16.9 Å². The van der Waals surface area contributed by atoms with Crippen LogP contribution >= 0.6 is 11.6 Å². The van der Waals surface area contributed by atoms with Crippen molar-refractivity contribution in [2.75, 3.05) is 0 Å². The predicted octanol–water partition coefficient (Wildman–Crippen LogP) is 1.84. The Morgan fingerprint density at radius 3 is 2.62 bits per heavy atom. The van der Waals surface area contributed by atoms with Crippen molar-refractivity contribution in [1.29, 1.82) is 5.26 Å². The van der Waals surface area contributed by atoms with E-state index in [0.717, 1.165) is 6.07 Å². The first-order valence-electron chi connectivity index (χ1n) is 3.17. The number of hydrogen-bond donors (Lipinski definition) is 1. The number of nitrogens with one attached hydrogen (secondary N) is 1. The average Bonchev–Trinajstić information content (AvgIpc) is 2.03. The summed E-state index contributed by atoms with van der Waals surface area (Å²) < 4.78 is 24.1. The van der Waals surface area contributed by atoms with E-state index in [-0.39, 0.29) is 10.6 Å². The van der Waals surface area contributed by atoms with Crippen molar-refractivity contribution in [2.45, 2.75) is 6.43 Å². The molecule has 0 aliphatic carbocycles. The number of nitriles is 1. The van der Waals surface area contributed by atoms with Crippen LogP contribution in [0.5, 0.6) is 0 Å². The Balaban J connectivity index is 3.40. The lowest BCUT2D eigenvalue weighted by Crippen LogP contribution is -2.13. The zero-order chi connectivity index (χ0) is 10.0. The predicted molar refractivity (Wildman–Crippen MR) is 41.7 cm³/mol. The molecule has 0 spiro atoms. The molecule has 0 aliphatic heterocycles. The molecular weight excluding hydrogens is 202 g/mol.